The Morgan fingerprint density at radius 2 is 1.76 bits per heavy atom. The molecule has 0 saturated heterocycles. The number of alkyl halides is 3. The van der Waals surface area contributed by atoms with E-state index in [1.807, 2.05) is 0 Å². The summed E-state index contributed by atoms with van der Waals surface area (Å²) in [5.74, 6) is -1.44. The number of hydrogen-bond donors (Lipinski definition) is 1. The van der Waals surface area contributed by atoms with E-state index >= 15 is 0 Å². The Morgan fingerprint density at radius 1 is 1.18 bits per heavy atom. The van der Waals surface area contributed by atoms with Crippen LogP contribution in [0.3, 0.4) is 0 Å². The molecule has 1 amide bonds. The predicted octanol–water partition coefficient (Wildman–Crippen LogP) is 3.27. The van der Waals surface area contributed by atoms with Gasteiger partial charge in [-0.3, -0.25) is 4.79 Å². The van der Waals surface area contributed by atoms with E-state index in [1.165, 1.54) is 0 Å². The largest absolute Gasteiger partial charge is 0.391 e. The van der Waals surface area contributed by atoms with Crippen LogP contribution in [0.4, 0.5) is 13.2 Å². The molecule has 0 bridgehead atoms. The van der Waals surface area contributed by atoms with E-state index in [2.05, 4.69) is 5.32 Å². The monoisotopic (exact) mass is 251 g/mol. The summed E-state index contributed by atoms with van der Waals surface area (Å²) in [6.45, 7) is 5.27. The first kappa shape index (κ1) is 14.3. The molecule has 1 rings (SSSR count). The quantitative estimate of drug-likeness (QED) is 0.761. The van der Waals surface area contributed by atoms with Crippen LogP contribution in [0.1, 0.15) is 46.5 Å². The Bertz CT molecular complexity index is 280. The van der Waals surface area contributed by atoms with Gasteiger partial charge in [-0.1, -0.05) is 27.2 Å². The lowest BCUT2D eigenvalue weighted by atomic mass is 9.84. The highest BCUT2D eigenvalue weighted by atomic mass is 19.4. The molecule has 0 aromatic heterocycles. The fraction of sp³-hybridized carbons (Fsp3) is 0.917. The van der Waals surface area contributed by atoms with E-state index in [1.54, 1.807) is 20.8 Å². The summed E-state index contributed by atoms with van der Waals surface area (Å²) in [5.41, 5.74) is -0.550. The van der Waals surface area contributed by atoms with Crippen LogP contribution in [0, 0.1) is 11.3 Å². The van der Waals surface area contributed by atoms with E-state index < -0.39 is 17.5 Å². The highest BCUT2D eigenvalue weighted by Gasteiger charge is 2.42. The van der Waals surface area contributed by atoms with Gasteiger partial charge >= 0.3 is 6.18 Å². The third kappa shape index (κ3) is 4.21. The zero-order chi connectivity index (χ0) is 13.3. The molecule has 1 N–H and O–H groups in total. The average molecular weight is 251 g/mol. The molecule has 0 aliphatic heterocycles. The van der Waals surface area contributed by atoms with Crippen LogP contribution >= 0.6 is 0 Å². The molecule has 2 atom stereocenters. The van der Waals surface area contributed by atoms with Crippen LogP contribution in [-0.2, 0) is 4.79 Å². The second-order valence-electron chi connectivity index (χ2n) is 5.83. The average Bonchev–Trinajstić information content (AvgIpc) is 2.15. The topological polar surface area (TPSA) is 29.1 Å². The Balaban J connectivity index is 2.54. The molecule has 5 heteroatoms. The molecule has 0 spiro atoms. The fourth-order valence-electron chi connectivity index (χ4n) is 2.02. The van der Waals surface area contributed by atoms with Gasteiger partial charge in [-0.05, 0) is 19.3 Å². The molecule has 2 nitrogen and oxygen atoms in total. The van der Waals surface area contributed by atoms with E-state index in [-0.39, 0.29) is 24.8 Å². The maximum atomic E-state index is 12.6. The van der Waals surface area contributed by atoms with Crippen molar-refractivity contribution in [1.29, 1.82) is 0 Å². The highest BCUT2D eigenvalue weighted by molar-refractivity contribution is 5.81. The molecule has 17 heavy (non-hydrogen) atoms. The maximum absolute atomic E-state index is 12.6. The van der Waals surface area contributed by atoms with E-state index in [0.717, 1.165) is 0 Å². The summed E-state index contributed by atoms with van der Waals surface area (Å²) >= 11 is 0. The van der Waals surface area contributed by atoms with E-state index in [0.29, 0.717) is 12.8 Å². The zero-order valence-electron chi connectivity index (χ0n) is 10.5. The molecule has 1 aliphatic carbocycles. The third-order valence-electron chi connectivity index (χ3n) is 3.15. The van der Waals surface area contributed by atoms with Gasteiger partial charge in [-0.2, -0.15) is 13.2 Å². The normalized spacial score (nSPS) is 26.7. The SMILES string of the molecule is CC(C)(C)C(=O)NC1CCCC(C(F)(F)F)C1. The minimum Gasteiger partial charge on any atom is -0.353 e. The van der Waals surface area contributed by atoms with Crippen molar-refractivity contribution in [3.05, 3.63) is 0 Å². The summed E-state index contributed by atoms with van der Waals surface area (Å²) in [5, 5.41) is 2.72. The Labute approximate surface area is 100.0 Å². The van der Waals surface area contributed by atoms with Crippen molar-refractivity contribution in [2.75, 3.05) is 0 Å². The van der Waals surface area contributed by atoms with Gasteiger partial charge in [0.05, 0.1) is 5.92 Å². The first-order chi connectivity index (χ1) is 7.60. The van der Waals surface area contributed by atoms with Crippen molar-refractivity contribution in [2.24, 2.45) is 11.3 Å². The molecular weight excluding hydrogens is 231 g/mol. The lowest BCUT2D eigenvalue weighted by Gasteiger charge is -2.32. The molecule has 0 heterocycles. The number of carbonyl (C=O) groups is 1. The lowest BCUT2D eigenvalue weighted by molar-refractivity contribution is -0.184. The van der Waals surface area contributed by atoms with Crippen molar-refractivity contribution < 1.29 is 18.0 Å². The second kappa shape index (κ2) is 4.86. The predicted molar refractivity (Wildman–Crippen MR) is 59.4 cm³/mol. The van der Waals surface area contributed by atoms with Gasteiger partial charge in [-0.25, -0.2) is 0 Å². The summed E-state index contributed by atoms with van der Waals surface area (Å²) in [6, 6.07) is -0.331. The Kier molecular flexibility index (Phi) is 4.10. The van der Waals surface area contributed by atoms with Crippen molar-refractivity contribution >= 4 is 5.91 Å². The molecule has 1 saturated carbocycles. The molecule has 0 aromatic carbocycles. The first-order valence-electron chi connectivity index (χ1n) is 5.98. The van der Waals surface area contributed by atoms with Gasteiger partial charge in [0.15, 0.2) is 0 Å². The first-order valence-corrected chi connectivity index (χ1v) is 5.98. The number of halogens is 3. The van der Waals surface area contributed by atoms with Crippen LogP contribution in [0.15, 0.2) is 0 Å². The van der Waals surface area contributed by atoms with Gasteiger partial charge in [0.2, 0.25) is 5.91 Å². The molecule has 2 unspecified atom stereocenters. The van der Waals surface area contributed by atoms with E-state index in [4.69, 9.17) is 0 Å². The summed E-state index contributed by atoms with van der Waals surface area (Å²) < 4.78 is 37.7. The van der Waals surface area contributed by atoms with Gasteiger partial charge < -0.3 is 5.32 Å². The Hall–Kier alpha value is -0.740. The molecular formula is C12H20F3NO. The van der Waals surface area contributed by atoms with Crippen LogP contribution in [0.2, 0.25) is 0 Å². The minimum atomic E-state index is -4.13. The lowest BCUT2D eigenvalue weighted by Crippen LogP contribution is -2.45. The van der Waals surface area contributed by atoms with Crippen LogP contribution in [0.25, 0.3) is 0 Å². The van der Waals surface area contributed by atoms with Gasteiger partial charge in [0.25, 0.3) is 0 Å². The maximum Gasteiger partial charge on any atom is 0.391 e. The zero-order valence-corrected chi connectivity index (χ0v) is 10.5. The number of carbonyl (C=O) groups excluding carboxylic acids is 1. The summed E-state index contributed by atoms with van der Waals surface area (Å²) in [6.07, 6.45) is -2.75. The van der Waals surface area contributed by atoms with Crippen LogP contribution in [-0.4, -0.2) is 18.1 Å². The smallest absolute Gasteiger partial charge is 0.353 e. The van der Waals surface area contributed by atoms with Crippen molar-refractivity contribution in [3.63, 3.8) is 0 Å². The number of hydrogen-bond acceptors (Lipinski definition) is 1. The summed E-state index contributed by atoms with van der Waals surface area (Å²) in [7, 11) is 0. The molecule has 1 fully saturated rings. The van der Waals surface area contributed by atoms with Gasteiger partial charge in [0, 0.05) is 11.5 Å². The van der Waals surface area contributed by atoms with Crippen LogP contribution < -0.4 is 5.32 Å². The fourth-order valence-corrected chi connectivity index (χ4v) is 2.02. The molecule has 1 aliphatic rings. The third-order valence-corrected chi connectivity index (χ3v) is 3.15. The number of amides is 1. The van der Waals surface area contributed by atoms with Gasteiger partial charge in [0.1, 0.15) is 0 Å². The van der Waals surface area contributed by atoms with Crippen molar-refractivity contribution in [2.45, 2.75) is 58.7 Å². The second-order valence-corrected chi connectivity index (χ2v) is 5.83. The highest BCUT2D eigenvalue weighted by Crippen LogP contribution is 2.37. The minimum absolute atomic E-state index is 0.0192. The summed E-state index contributed by atoms with van der Waals surface area (Å²) in [4.78, 5) is 11.7. The Morgan fingerprint density at radius 3 is 2.24 bits per heavy atom. The van der Waals surface area contributed by atoms with Crippen LogP contribution in [0.5, 0.6) is 0 Å². The molecule has 0 radical (unpaired) electrons. The number of nitrogens with one attached hydrogen (secondary N) is 1. The molecule has 100 valence electrons. The van der Waals surface area contributed by atoms with Crippen molar-refractivity contribution in [1.82, 2.24) is 5.32 Å². The van der Waals surface area contributed by atoms with Crippen molar-refractivity contribution in [3.8, 4) is 0 Å². The van der Waals surface area contributed by atoms with Gasteiger partial charge in [-0.15, -0.1) is 0 Å². The van der Waals surface area contributed by atoms with E-state index in [9.17, 15) is 18.0 Å². The standard InChI is InChI=1S/C12H20F3NO/c1-11(2,3)10(17)16-9-6-4-5-8(7-9)12(13,14)15/h8-9H,4-7H2,1-3H3,(H,16,17). The number of rotatable bonds is 1. The molecule has 0 aromatic rings.